The van der Waals surface area contributed by atoms with E-state index in [-0.39, 0.29) is 12.3 Å². The van der Waals surface area contributed by atoms with E-state index in [0.29, 0.717) is 30.6 Å². The molecular formula is C26H26N4O3. The van der Waals surface area contributed by atoms with Crippen molar-refractivity contribution in [3.05, 3.63) is 88.9 Å². The van der Waals surface area contributed by atoms with Crippen molar-refractivity contribution in [2.45, 2.75) is 40.2 Å². The van der Waals surface area contributed by atoms with Crippen molar-refractivity contribution >= 4 is 5.91 Å². The molecule has 0 saturated carbocycles. The first-order chi connectivity index (χ1) is 16.0. The van der Waals surface area contributed by atoms with Gasteiger partial charge in [0.05, 0.1) is 0 Å². The summed E-state index contributed by atoms with van der Waals surface area (Å²) in [6.45, 7) is 6.42. The molecule has 0 saturated heterocycles. The number of nitrogens with zero attached hydrogens (tertiary/aromatic N) is 3. The summed E-state index contributed by atoms with van der Waals surface area (Å²) in [6, 6.07) is 17.6. The van der Waals surface area contributed by atoms with E-state index in [0.717, 1.165) is 33.6 Å². The summed E-state index contributed by atoms with van der Waals surface area (Å²) >= 11 is 0. The van der Waals surface area contributed by atoms with Gasteiger partial charge in [-0.25, -0.2) is 4.98 Å². The standard InChI is InChI=1S/C26H26N4O3/c1-17-5-9-21(10-6-17)26-29-25(33-30-26)13-11-23(31)27-15-20-8-12-24(28-16-20)32-22-14-18(2)4-7-19(22)3/h4-10,12,14,16H,11,13,15H2,1-3H3,(H,27,31). The fourth-order valence-corrected chi connectivity index (χ4v) is 3.19. The second kappa shape index (κ2) is 10.1. The minimum absolute atomic E-state index is 0.0965. The summed E-state index contributed by atoms with van der Waals surface area (Å²) < 4.78 is 11.2. The van der Waals surface area contributed by atoms with Crippen LogP contribution in [0.4, 0.5) is 0 Å². The normalized spacial score (nSPS) is 10.8. The van der Waals surface area contributed by atoms with E-state index < -0.39 is 0 Å². The summed E-state index contributed by atoms with van der Waals surface area (Å²) in [5.74, 6) is 2.17. The van der Waals surface area contributed by atoms with Crippen LogP contribution in [0.5, 0.6) is 11.6 Å². The van der Waals surface area contributed by atoms with Gasteiger partial charge in [0.1, 0.15) is 5.75 Å². The van der Waals surface area contributed by atoms with Crippen LogP contribution in [0.2, 0.25) is 0 Å². The maximum atomic E-state index is 12.2. The van der Waals surface area contributed by atoms with E-state index in [1.165, 1.54) is 0 Å². The van der Waals surface area contributed by atoms with Crippen molar-refractivity contribution in [2.24, 2.45) is 0 Å². The van der Waals surface area contributed by atoms with E-state index in [4.69, 9.17) is 9.26 Å². The Morgan fingerprint density at radius 3 is 2.55 bits per heavy atom. The third-order valence-corrected chi connectivity index (χ3v) is 5.19. The lowest BCUT2D eigenvalue weighted by atomic mass is 10.1. The van der Waals surface area contributed by atoms with E-state index >= 15 is 0 Å². The van der Waals surface area contributed by atoms with Crippen LogP contribution in [0.3, 0.4) is 0 Å². The Morgan fingerprint density at radius 1 is 1.00 bits per heavy atom. The fourth-order valence-electron chi connectivity index (χ4n) is 3.19. The molecule has 2 aromatic heterocycles. The minimum Gasteiger partial charge on any atom is -0.439 e. The number of nitrogens with one attached hydrogen (secondary N) is 1. The van der Waals surface area contributed by atoms with E-state index in [9.17, 15) is 4.79 Å². The molecule has 1 amide bonds. The molecule has 4 aromatic rings. The minimum atomic E-state index is -0.0965. The van der Waals surface area contributed by atoms with Gasteiger partial charge in [-0.3, -0.25) is 4.79 Å². The first-order valence-electron chi connectivity index (χ1n) is 10.8. The zero-order valence-corrected chi connectivity index (χ0v) is 19.0. The molecular weight excluding hydrogens is 416 g/mol. The molecule has 7 heteroatoms. The molecule has 0 atom stereocenters. The molecule has 0 aliphatic heterocycles. The van der Waals surface area contributed by atoms with E-state index in [1.807, 2.05) is 69.3 Å². The molecule has 0 aliphatic rings. The van der Waals surface area contributed by atoms with E-state index in [1.54, 1.807) is 12.3 Å². The molecule has 2 aromatic carbocycles. The van der Waals surface area contributed by atoms with Gasteiger partial charge in [0, 0.05) is 37.2 Å². The molecule has 0 bridgehead atoms. The zero-order valence-electron chi connectivity index (χ0n) is 19.0. The monoisotopic (exact) mass is 442 g/mol. The predicted molar refractivity (Wildman–Crippen MR) is 125 cm³/mol. The van der Waals surface area contributed by atoms with Crippen molar-refractivity contribution in [3.63, 3.8) is 0 Å². The number of carbonyl (C=O) groups is 1. The summed E-state index contributed by atoms with van der Waals surface area (Å²) in [4.78, 5) is 21.0. The molecule has 0 unspecified atom stereocenters. The summed E-state index contributed by atoms with van der Waals surface area (Å²) in [6.07, 6.45) is 2.34. The second-order valence-electron chi connectivity index (χ2n) is 8.03. The Bertz CT molecular complexity index is 1230. The first-order valence-corrected chi connectivity index (χ1v) is 10.8. The van der Waals surface area contributed by atoms with Gasteiger partial charge in [0.2, 0.25) is 23.5 Å². The van der Waals surface area contributed by atoms with Crippen LogP contribution in [0.25, 0.3) is 11.4 Å². The highest BCUT2D eigenvalue weighted by atomic mass is 16.5. The molecule has 2 heterocycles. The quantitative estimate of drug-likeness (QED) is 0.408. The smallest absolute Gasteiger partial charge is 0.227 e. The molecule has 7 nitrogen and oxygen atoms in total. The number of carbonyl (C=O) groups excluding carboxylic acids is 1. The lowest BCUT2D eigenvalue weighted by molar-refractivity contribution is -0.121. The highest BCUT2D eigenvalue weighted by Gasteiger charge is 2.11. The average Bonchev–Trinajstić information content (AvgIpc) is 3.29. The highest BCUT2D eigenvalue weighted by molar-refractivity contribution is 5.76. The molecule has 168 valence electrons. The number of rotatable bonds is 8. The van der Waals surface area contributed by atoms with Crippen LogP contribution in [-0.4, -0.2) is 21.0 Å². The Kier molecular flexibility index (Phi) is 6.78. The number of benzene rings is 2. The fraction of sp³-hybridized carbons (Fsp3) is 0.231. The van der Waals surface area contributed by atoms with Crippen molar-refractivity contribution in [1.82, 2.24) is 20.4 Å². The van der Waals surface area contributed by atoms with Gasteiger partial charge in [0.25, 0.3) is 0 Å². The van der Waals surface area contributed by atoms with Crippen molar-refractivity contribution < 1.29 is 14.1 Å². The summed E-state index contributed by atoms with van der Waals surface area (Å²) in [7, 11) is 0. The van der Waals surface area contributed by atoms with Gasteiger partial charge in [0.15, 0.2) is 0 Å². The number of amides is 1. The van der Waals surface area contributed by atoms with Crippen molar-refractivity contribution in [2.75, 3.05) is 0 Å². The topological polar surface area (TPSA) is 90.1 Å². The molecule has 0 fully saturated rings. The van der Waals surface area contributed by atoms with Crippen molar-refractivity contribution in [1.29, 1.82) is 0 Å². The maximum Gasteiger partial charge on any atom is 0.227 e. The Labute approximate surface area is 192 Å². The van der Waals surface area contributed by atoms with Gasteiger partial charge in [-0.15, -0.1) is 0 Å². The lowest BCUT2D eigenvalue weighted by Crippen LogP contribution is -2.23. The molecule has 33 heavy (non-hydrogen) atoms. The highest BCUT2D eigenvalue weighted by Crippen LogP contribution is 2.24. The van der Waals surface area contributed by atoms with Crippen LogP contribution in [0.15, 0.2) is 65.3 Å². The Balaban J connectivity index is 1.24. The van der Waals surface area contributed by atoms with Crippen LogP contribution >= 0.6 is 0 Å². The third kappa shape index (κ3) is 6.04. The van der Waals surface area contributed by atoms with Crippen LogP contribution < -0.4 is 10.1 Å². The molecule has 0 spiro atoms. The second-order valence-corrected chi connectivity index (χ2v) is 8.03. The number of ether oxygens (including phenoxy) is 1. The van der Waals surface area contributed by atoms with Crippen LogP contribution in [0.1, 0.15) is 34.6 Å². The van der Waals surface area contributed by atoms with Gasteiger partial charge in [-0.2, -0.15) is 4.98 Å². The largest absolute Gasteiger partial charge is 0.439 e. The summed E-state index contributed by atoms with van der Waals surface area (Å²) in [5.41, 5.74) is 5.11. The molecule has 0 radical (unpaired) electrons. The lowest BCUT2D eigenvalue weighted by Gasteiger charge is -2.09. The zero-order chi connectivity index (χ0) is 23.2. The Morgan fingerprint density at radius 2 is 1.79 bits per heavy atom. The van der Waals surface area contributed by atoms with Crippen molar-refractivity contribution in [3.8, 4) is 23.0 Å². The van der Waals surface area contributed by atoms with Gasteiger partial charge < -0.3 is 14.6 Å². The number of hydrogen-bond donors (Lipinski definition) is 1. The maximum absolute atomic E-state index is 12.2. The SMILES string of the molecule is Cc1ccc(-c2noc(CCC(=O)NCc3ccc(Oc4cc(C)ccc4C)nc3)n2)cc1. The predicted octanol–water partition coefficient (Wildman–Crippen LogP) is 5.10. The van der Waals surface area contributed by atoms with Crippen LogP contribution in [-0.2, 0) is 17.8 Å². The third-order valence-electron chi connectivity index (χ3n) is 5.19. The number of pyridine rings is 1. The van der Waals surface area contributed by atoms with E-state index in [2.05, 4.69) is 20.4 Å². The van der Waals surface area contributed by atoms with Gasteiger partial charge in [-0.05, 0) is 43.5 Å². The number of hydrogen-bond acceptors (Lipinski definition) is 6. The molecule has 1 N–H and O–H groups in total. The number of aryl methyl sites for hydroxylation is 4. The van der Waals surface area contributed by atoms with Gasteiger partial charge in [-0.1, -0.05) is 53.2 Å². The van der Waals surface area contributed by atoms with Crippen LogP contribution in [0, 0.1) is 20.8 Å². The molecule has 0 aliphatic carbocycles. The number of aromatic nitrogens is 3. The van der Waals surface area contributed by atoms with Gasteiger partial charge >= 0.3 is 0 Å². The summed E-state index contributed by atoms with van der Waals surface area (Å²) in [5, 5.41) is 6.89. The average molecular weight is 443 g/mol. The first kappa shape index (κ1) is 22.2. The Hall–Kier alpha value is -4.00. The molecule has 4 rings (SSSR count).